The average Bonchev–Trinajstić information content (AvgIpc) is 2.85. The van der Waals surface area contributed by atoms with E-state index < -0.39 is 0 Å². The van der Waals surface area contributed by atoms with Crippen molar-refractivity contribution in [3.63, 3.8) is 0 Å². The third-order valence-corrected chi connectivity index (χ3v) is 4.42. The van der Waals surface area contributed by atoms with Gasteiger partial charge in [0.1, 0.15) is 0 Å². The first kappa shape index (κ1) is 8.93. The number of fused-ring (bicyclic) bond motifs is 5. The van der Waals surface area contributed by atoms with Gasteiger partial charge in [-0.1, -0.05) is 12.2 Å². The predicted molar refractivity (Wildman–Crippen MR) is 57.8 cm³/mol. The zero-order chi connectivity index (χ0) is 9.54. The van der Waals surface area contributed by atoms with Crippen LogP contribution < -0.4 is 5.73 Å². The number of hydrogen-bond acceptors (Lipinski definition) is 2. The molecule has 0 aromatic rings. The summed E-state index contributed by atoms with van der Waals surface area (Å²) < 4.78 is 0. The first-order valence-electron chi connectivity index (χ1n) is 5.99. The van der Waals surface area contributed by atoms with E-state index in [1.54, 1.807) is 0 Å². The molecule has 2 nitrogen and oxygen atoms in total. The van der Waals surface area contributed by atoms with Crippen LogP contribution in [0.3, 0.4) is 0 Å². The van der Waals surface area contributed by atoms with E-state index in [1.165, 1.54) is 32.5 Å². The van der Waals surface area contributed by atoms with Gasteiger partial charge in [0.15, 0.2) is 0 Å². The maximum atomic E-state index is 5.55. The standard InChI is InChI=1S/C12H20N2/c13-4-1-5-14-7-11-9-2-3-10(6-9)12(11)8-14/h2-3,9-12H,1,4-8,13H2. The van der Waals surface area contributed by atoms with Gasteiger partial charge in [-0.15, -0.1) is 0 Å². The third-order valence-electron chi connectivity index (χ3n) is 4.42. The number of allylic oxidation sites excluding steroid dienone is 2. The van der Waals surface area contributed by atoms with Gasteiger partial charge in [-0.2, -0.15) is 0 Å². The zero-order valence-corrected chi connectivity index (χ0v) is 8.73. The van der Waals surface area contributed by atoms with Crippen molar-refractivity contribution in [1.82, 2.24) is 4.90 Å². The second-order valence-electron chi connectivity index (χ2n) is 5.18. The van der Waals surface area contributed by atoms with Crippen molar-refractivity contribution in [2.45, 2.75) is 12.8 Å². The Morgan fingerprint density at radius 2 is 1.79 bits per heavy atom. The molecule has 3 rings (SSSR count). The van der Waals surface area contributed by atoms with E-state index in [4.69, 9.17) is 5.73 Å². The van der Waals surface area contributed by atoms with Gasteiger partial charge in [-0.05, 0) is 49.6 Å². The molecule has 1 aliphatic heterocycles. The summed E-state index contributed by atoms with van der Waals surface area (Å²) in [6.45, 7) is 4.76. The van der Waals surface area contributed by atoms with Crippen LogP contribution in [0.4, 0.5) is 0 Å². The Bertz CT molecular complexity index is 229. The summed E-state index contributed by atoms with van der Waals surface area (Å²) in [5, 5.41) is 0. The Hall–Kier alpha value is -0.340. The second kappa shape index (κ2) is 3.35. The van der Waals surface area contributed by atoms with Gasteiger partial charge in [0.05, 0.1) is 0 Å². The van der Waals surface area contributed by atoms with Crippen molar-refractivity contribution in [1.29, 1.82) is 0 Å². The SMILES string of the molecule is NCCCN1CC2C3C=CC(C3)C2C1. The number of nitrogens with zero attached hydrogens (tertiary/aromatic N) is 1. The van der Waals surface area contributed by atoms with Gasteiger partial charge < -0.3 is 10.6 Å². The Kier molecular flexibility index (Phi) is 2.14. The smallest absolute Gasteiger partial charge is 0.00188 e. The summed E-state index contributed by atoms with van der Waals surface area (Å²) in [4.78, 5) is 2.63. The Morgan fingerprint density at radius 1 is 1.14 bits per heavy atom. The molecule has 1 heterocycles. The van der Waals surface area contributed by atoms with Gasteiger partial charge in [-0.3, -0.25) is 0 Å². The topological polar surface area (TPSA) is 29.3 Å². The average molecular weight is 192 g/mol. The molecule has 2 aliphatic carbocycles. The molecular weight excluding hydrogens is 172 g/mol. The molecule has 0 radical (unpaired) electrons. The lowest BCUT2D eigenvalue weighted by molar-refractivity contribution is 0.297. The van der Waals surface area contributed by atoms with Crippen molar-refractivity contribution in [2.75, 3.05) is 26.2 Å². The number of hydrogen-bond donors (Lipinski definition) is 1. The fourth-order valence-corrected chi connectivity index (χ4v) is 3.74. The number of likely N-dealkylation sites (tertiary alicyclic amines) is 1. The molecule has 0 aromatic carbocycles. The summed E-state index contributed by atoms with van der Waals surface area (Å²) in [6.07, 6.45) is 7.57. The summed E-state index contributed by atoms with van der Waals surface area (Å²) >= 11 is 0. The van der Waals surface area contributed by atoms with Crippen molar-refractivity contribution in [3.8, 4) is 0 Å². The Balaban J connectivity index is 1.62. The predicted octanol–water partition coefficient (Wildman–Crippen LogP) is 1.09. The highest BCUT2D eigenvalue weighted by molar-refractivity contribution is 5.16. The van der Waals surface area contributed by atoms with Crippen molar-refractivity contribution in [2.24, 2.45) is 29.4 Å². The monoisotopic (exact) mass is 192 g/mol. The molecule has 1 saturated carbocycles. The molecule has 0 aromatic heterocycles. The molecule has 3 aliphatic rings. The lowest BCUT2D eigenvalue weighted by Crippen LogP contribution is -2.25. The van der Waals surface area contributed by atoms with Crippen LogP contribution >= 0.6 is 0 Å². The van der Waals surface area contributed by atoms with Gasteiger partial charge in [0.25, 0.3) is 0 Å². The van der Waals surface area contributed by atoms with E-state index in [0.29, 0.717) is 0 Å². The van der Waals surface area contributed by atoms with Crippen LogP contribution in [0.5, 0.6) is 0 Å². The van der Waals surface area contributed by atoms with E-state index in [9.17, 15) is 0 Å². The highest BCUT2D eigenvalue weighted by Gasteiger charge is 2.48. The van der Waals surface area contributed by atoms with Crippen LogP contribution in [-0.2, 0) is 0 Å². The second-order valence-corrected chi connectivity index (χ2v) is 5.18. The highest BCUT2D eigenvalue weighted by atomic mass is 15.2. The maximum absolute atomic E-state index is 5.55. The molecule has 2 heteroatoms. The van der Waals surface area contributed by atoms with Gasteiger partial charge >= 0.3 is 0 Å². The molecule has 2 N–H and O–H groups in total. The van der Waals surface area contributed by atoms with Crippen LogP contribution in [0.15, 0.2) is 12.2 Å². The summed E-state index contributed by atoms with van der Waals surface area (Å²) in [5.41, 5.74) is 5.55. The van der Waals surface area contributed by atoms with E-state index in [0.717, 1.165) is 30.2 Å². The maximum Gasteiger partial charge on any atom is 0.00188 e. The molecule has 0 amide bonds. The summed E-state index contributed by atoms with van der Waals surface area (Å²) in [5.74, 6) is 3.83. The normalized spacial score (nSPS) is 44.9. The van der Waals surface area contributed by atoms with Crippen LogP contribution in [0, 0.1) is 23.7 Å². The molecule has 4 unspecified atom stereocenters. The number of rotatable bonds is 3. The first-order valence-corrected chi connectivity index (χ1v) is 5.99. The van der Waals surface area contributed by atoms with Crippen LogP contribution in [0.1, 0.15) is 12.8 Å². The molecule has 0 spiro atoms. The van der Waals surface area contributed by atoms with Crippen LogP contribution in [0.2, 0.25) is 0 Å². The first-order chi connectivity index (χ1) is 6.88. The molecule has 14 heavy (non-hydrogen) atoms. The minimum atomic E-state index is 0.844. The van der Waals surface area contributed by atoms with Crippen molar-refractivity contribution < 1.29 is 0 Å². The molecule has 1 saturated heterocycles. The Morgan fingerprint density at radius 3 is 2.36 bits per heavy atom. The zero-order valence-electron chi connectivity index (χ0n) is 8.73. The minimum Gasteiger partial charge on any atom is -0.330 e. The molecule has 2 bridgehead atoms. The quantitative estimate of drug-likeness (QED) is 0.678. The van der Waals surface area contributed by atoms with Gasteiger partial charge in [0, 0.05) is 13.1 Å². The van der Waals surface area contributed by atoms with E-state index in [-0.39, 0.29) is 0 Å². The van der Waals surface area contributed by atoms with Crippen LogP contribution in [0.25, 0.3) is 0 Å². The number of nitrogens with two attached hydrogens (primary N) is 1. The molecule has 2 fully saturated rings. The molecular formula is C12H20N2. The fraction of sp³-hybridized carbons (Fsp3) is 0.833. The lowest BCUT2D eigenvalue weighted by Gasteiger charge is -2.17. The Labute approximate surface area is 86.1 Å². The van der Waals surface area contributed by atoms with Crippen LogP contribution in [-0.4, -0.2) is 31.1 Å². The van der Waals surface area contributed by atoms with E-state index >= 15 is 0 Å². The summed E-state index contributed by atoms with van der Waals surface area (Å²) in [6, 6.07) is 0. The highest BCUT2D eigenvalue weighted by Crippen LogP contribution is 2.51. The lowest BCUT2D eigenvalue weighted by atomic mass is 9.86. The fourth-order valence-electron chi connectivity index (χ4n) is 3.74. The van der Waals surface area contributed by atoms with E-state index in [2.05, 4.69) is 17.1 Å². The molecule has 4 atom stereocenters. The van der Waals surface area contributed by atoms with E-state index in [1.807, 2.05) is 0 Å². The largest absolute Gasteiger partial charge is 0.330 e. The van der Waals surface area contributed by atoms with Gasteiger partial charge in [-0.25, -0.2) is 0 Å². The van der Waals surface area contributed by atoms with Gasteiger partial charge in [0.2, 0.25) is 0 Å². The minimum absolute atomic E-state index is 0.844. The molecule has 78 valence electrons. The van der Waals surface area contributed by atoms with Crippen molar-refractivity contribution >= 4 is 0 Å². The summed E-state index contributed by atoms with van der Waals surface area (Å²) in [7, 11) is 0. The third kappa shape index (κ3) is 1.24. The van der Waals surface area contributed by atoms with Crippen molar-refractivity contribution in [3.05, 3.63) is 12.2 Å².